The fraction of sp³-hybridized carbons (Fsp3) is 0.333. The highest BCUT2D eigenvalue weighted by Crippen LogP contribution is 2.30. The summed E-state index contributed by atoms with van der Waals surface area (Å²) < 4.78 is 0. The van der Waals surface area contributed by atoms with Gasteiger partial charge < -0.3 is 16.4 Å². The first-order valence-electron chi connectivity index (χ1n) is 3.86. The SMILES string of the molecule is Cc1ccc(N)c(N)c1N(C)C. The Labute approximate surface area is 73.0 Å². The van der Waals surface area contributed by atoms with Crippen molar-refractivity contribution < 1.29 is 0 Å². The number of anilines is 3. The molecule has 3 heteroatoms. The summed E-state index contributed by atoms with van der Waals surface area (Å²) in [7, 11) is 3.91. The minimum atomic E-state index is 0.643. The quantitative estimate of drug-likeness (QED) is 0.615. The molecule has 1 aromatic carbocycles. The van der Waals surface area contributed by atoms with E-state index in [1.807, 2.05) is 38.1 Å². The third kappa shape index (κ3) is 1.30. The fourth-order valence-corrected chi connectivity index (χ4v) is 1.33. The van der Waals surface area contributed by atoms with Crippen molar-refractivity contribution in [1.29, 1.82) is 0 Å². The van der Waals surface area contributed by atoms with Gasteiger partial charge >= 0.3 is 0 Å². The van der Waals surface area contributed by atoms with Gasteiger partial charge in [-0.05, 0) is 18.6 Å². The predicted molar refractivity (Wildman–Crippen MR) is 54.3 cm³/mol. The highest BCUT2D eigenvalue weighted by molar-refractivity contribution is 5.81. The Morgan fingerprint density at radius 1 is 1.17 bits per heavy atom. The zero-order valence-corrected chi connectivity index (χ0v) is 7.76. The molecule has 0 atom stereocenters. The average Bonchev–Trinajstić information content (AvgIpc) is 1.97. The van der Waals surface area contributed by atoms with Gasteiger partial charge in [-0.1, -0.05) is 6.07 Å². The van der Waals surface area contributed by atoms with Crippen molar-refractivity contribution >= 4 is 17.1 Å². The van der Waals surface area contributed by atoms with Crippen molar-refractivity contribution in [1.82, 2.24) is 0 Å². The molecule has 0 aromatic heterocycles. The highest BCUT2D eigenvalue weighted by Gasteiger charge is 2.07. The molecule has 0 aliphatic carbocycles. The van der Waals surface area contributed by atoms with Crippen LogP contribution in [0.3, 0.4) is 0 Å². The van der Waals surface area contributed by atoms with Crippen LogP contribution in [0.5, 0.6) is 0 Å². The van der Waals surface area contributed by atoms with E-state index in [1.165, 1.54) is 0 Å². The van der Waals surface area contributed by atoms with Gasteiger partial charge in [-0.25, -0.2) is 0 Å². The maximum absolute atomic E-state index is 5.82. The van der Waals surface area contributed by atoms with Gasteiger partial charge in [0, 0.05) is 14.1 Å². The normalized spacial score (nSPS) is 9.92. The summed E-state index contributed by atoms with van der Waals surface area (Å²) in [5, 5.41) is 0. The molecule has 0 saturated heterocycles. The van der Waals surface area contributed by atoms with Crippen molar-refractivity contribution in [3.63, 3.8) is 0 Å². The van der Waals surface area contributed by atoms with Gasteiger partial charge in [0.05, 0.1) is 17.1 Å². The number of hydrogen-bond donors (Lipinski definition) is 2. The van der Waals surface area contributed by atoms with Gasteiger partial charge in [-0.2, -0.15) is 0 Å². The van der Waals surface area contributed by atoms with Crippen LogP contribution in [-0.2, 0) is 0 Å². The summed E-state index contributed by atoms with van der Waals surface area (Å²) in [6.07, 6.45) is 0. The first-order valence-corrected chi connectivity index (χ1v) is 3.86. The Bertz CT molecular complexity index is 292. The Balaban J connectivity index is 3.33. The lowest BCUT2D eigenvalue weighted by atomic mass is 10.1. The maximum atomic E-state index is 5.82. The molecule has 12 heavy (non-hydrogen) atoms. The smallest absolute Gasteiger partial charge is 0.0788 e. The lowest BCUT2D eigenvalue weighted by molar-refractivity contribution is 1.12. The van der Waals surface area contributed by atoms with Crippen molar-refractivity contribution in [3.05, 3.63) is 17.7 Å². The van der Waals surface area contributed by atoms with E-state index in [0.717, 1.165) is 11.3 Å². The molecular weight excluding hydrogens is 150 g/mol. The lowest BCUT2D eigenvalue weighted by Crippen LogP contribution is -2.13. The molecular formula is C9H15N3. The van der Waals surface area contributed by atoms with Gasteiger partial charge in [-0.15, -0.1) is 0 Å². The summed E-state index contributed by atoms with van der Waals surface area (Å²) >= 11 is 0. The number of hydrogen-bond acceptors (Lipinski definition) is 3. The van der Waals surface area contributed by atoms with Gasteiger partial charge in [0.2, 0.25) is 0 Å². The third-order valence-electron chi connectivity index (χ3n) is 1.90. The van der Waals surface area contributed by atoms with Crippen LogP contribution >= 0.6 is 0 Å². The molecule has 0 amide bonds. The van der Waals surface area contributed by atoms with Crippen LogP contribution in [0.4, 0.5) is 17.1 Å². The largest absolute Gasteiger partial charge is 0.397 e. The summed E-state index contributed by atoms with van der Waals surface area (Å²) in [6, 6.07) is 3.80. The van der Waals surface area contributed by atoms with E-state index in [0.29, 0.717) is 11.4 Å². The van der Waals surface area contributed by atoms with E-state index in [-0.39, 0.29) is 0 Å². The standard InChI is InChI=1S/C9H15N3/c1-6-4-5-7(10)8(11)9(6)12(2)3/h4-5H,10-11H2,1-3H3. The molecule has 1 aromatic rings. The van der Waals surface area contributed by atoms with Crippen LogP contribution in [0.25, 0.3) is 0 Å². The van der Waals surface area contributed by atoms with E-state index in [1.54, 1.807) is 0 Å². The van der Waals surface area contributed by atoms with Crippen molar-refractivity contribution in [2.24, 2.45) is 0 Å². The molecule has 66 valence electrons. The Morgan fingerprint density at radius 2 is 1.75 bits per heavy atom. The average molecular weight is 165 g/mol. The third-order valence-corrected chi connectivity index (χ3v) is 1.90. The molecule has 0 bridgehead atoms. The minimum Gasteiger partial charge on any atom is -0.397 e. The zero-order valence-electron chi connectivity index (χ0n) is 7.76. The molecule has 0 spiro atoms. The highest BCUT2D eigenvalue weighted by atomic mass is 15.1. The molecule has 0 saturated carbocycles. The number of nitrogen functional groups attached to an aromatic ring is 2. The summed E-state index contributed by atoms with van der Waals surface area (Å²) in [5.74, 6) is 0. The first-order chi connectivity index (χ1) is 5.54. The number of aryl methyl sites for hydroxylation is 1. The maximum Gasteiger partial charge on any atom is 0.0788 e. The molecule has 4 N–H and O–H groups in total. The topological polar surface area (TPSA) is 55.3 Å². The van der Waals surface area contributed by atoms with E-state index < -0.39 is 0 Å². The van der Waals surface area contributed by atoms with Gasteiger partial charge in [-0.3, -0.25) is 0 Å². The lowest BCUT2D eigenvalue weighted by Gasteiger charge is -2.19. The molecule has 1 rings (SSSR count). The molecule has 0 unspecified atom stereocenters. The summed E-state index contributed by atoms with van der Waals surface area (Å²) in [6.45, 7) is 2.02. The minimum absolute atomic E-state index is 0.643. The summed E-state index contributed by atoms with van der Waals surface area (Å²) in [4.78, 5) is 1.97. The van der Waals surface area contributed by atoms with E-state index in [2.05, 4.69) is 0 Å². The van der Waals surface area contributed by atoms with Crippen molar-refractivity contribution in [2.45, 2.75) is 6.92 Å². The van der Waals surface area contributed by atoms with Crippen LogP contribution in [0.1, 0.15) is 5.56 Å². The molecule has 0 aliphatic heterocycles. The van der Waals surface area contributed by atoms with E-state index in [4.69, 9.17) is 11.5 Å². The zero-order chi connectivity index (χ0) is 9.30. The number of rotatable bonds is 1. The van der Waals surface area contributed by atoms with Crippen LogP contribution in [-0.4, -0.2) is 14.1 Å². The van der Waals surface area contributed by atoms with Crippen LogP contribution in [0.15, 0.2) is 12.1 Å². The Kier molecular flexibility index (Phi) is 2.13. The van der Waals surface area contributed by atoms with Gasteiger partial charge in [0.15, 0.2) is 0 Å². The van der Waals surface area contributed by atoms with Crippen molar-refractivity contribution in [3.8, 4) is 0 Å². The second-order valence-electron chi connectivity index (χ2n) is 3.13. The molecule has 0 radical (unpaired) electrons. The second-order valence-corrected chi connectivity index (χ2v) is 3.13. The van der Waals surface area contributed by atoms with E-state index >= 15 is 0 Å². The van der Waals surface area contributed by atoms with Gasteiger partial charge in [0.1, 0.15) is 0 Å². The second kappa shape index (κ2) is 2.93. The predicted octanol–water partition coefficient (Wildman–Crippen LogP) is 1.23. The molecule has 0 heterocycles. The molecule has 0 fully saturated rings. The monoisotopic (exact) mass is 165 g/mol. The first kappa shape index (κ1) is 8.71. The number of nitrogens with zero attached hydrogens (tertiary/aromatic N) is 1. The van der Waals surface area contributed by atoms with E-state index in [9.17, 15) is 0 Å². The Hall–Kier alpha value is -1.38. The van der Waals surface area contributed by atoms with Crippen LogP contribution in [0.2, 0.25) is 0 Å². The van der Waals surface area contributed by atoms with Crippen molar-refractivity contribution in [2.75, 3.05) is 30.5 Å². The number of benzene rings is 1. The molecule has 3 nitrogen and oxygen atoms in total. The van der Waals surface area contributed by atoms with Gasteiger partial charge in [0.25, 0.3) is 0 Å². The fourth-order valence-electron chi connectivity index (χ4n) is 1.33. The van der Waals surface area contributed by atoms with Crippen LogP contribution < -0.4 is 16.4 Å². The molecule has 0 aliphatic rings. The number of nitrogens with two attached hydrogens (primary N) is 2. The summed E-state index contributed by atoms with van der Waals surface area (Å²) in [5.41, 5.74) is 15.0. The Morgan fingerprint density at radius 3 is 2.17 bits per heavy atom. The van der Waals surface area contributed by atoms with Crippen LogP contribution in [0, 0.1) is 6.92 Å².